The number of carbonyl (C=O) groups is 1. The number of ether oxygens (including phenoxy) is 1. The summed E-state index contributed by atoms with van der Waals surface area (Å²) in [5.41, 5.74) is 3.27. The molecule has 2 aromatic rings. The molecule has 2 nitrogen and oxygen atoms in total. The van der Waals surface area contributed by atoms with E-state index in [-0.39, 0.29) is 17.6 Å². The molecule has 0 atom stereocenters. The molecule has 0 unspecified atom stereocenters. The van der Waals surface area contributed by atoms with E-state index in [0.29, 0.717) is 6.61 Å². The molecule has 0 amide bonds. The molecule has 0 N–H and O–H groups in total. The van der Waals surface area contributed by atoms with E-state index in [1.807, 2.05) is 13.8 Å². The number of carbonyl (C=O) groups excluding carboxylic acids is 1. The predicted molar refractivity (Wildman–Crippen MR) is 99.4 cm³/mol. The molecule has 0 aromatic heterocycles. The van der Waals surface area contributed by atoms with Gasteiger partial charge < -0.3 is 4.74 Å². The molecule has 0 spiro atoms. The van der Waals surface area contributed by atoms with Gasteiger partial charge in [0.1, 0.15) is 11.6 Å². The molecule has 2 rings (SSSR count). The highest BCUT2D eigenvalue weighted by atomic mass is 19.1. The van der Waals surface area contributed by atoms with Crippen LogP contribution in [0.5, 0.6) is 0 Å². The molecule has 0 aliphatic rings. The molecule has 0 bridgehead atoms. The van der Waals surface area contributed by atoms with E-state index in [1.165, 1.54) is 30.3 Å². The van der Waals surface area contributed by atoms with Crippen LogP contribution in [0.2, 0.25) is 0 Å². The summed E-state index contributed by atoms with van der Waals surface area (Å²) < 4.78 is 31.7. The molecular weight excluding hydrogens is 334 g/mol. The Bertz CT molecular complexity index is 754. The van der Waals surface area contributed by atoms with Crippen LogP contribution >= 0.6 is 0 Å². The van der Waals surface area contributed by atoms with Crippen molar-refractivity contribution in [1.29, 1.82) is 0 Å². The molecule has 0 fully saturated rings. The summed E-state index contributed by atoms with van der Waals surface area (Å²) in [5, 5.41) is 0. The molecule has 26 heavy (non-hydrogen) atoms. The van der Waals surface area contributed by atoms with Crippen LogP contribution in [0.3, 0.4) is 0 Å². The van der Waals surface area contributed by atoms with Crippen LogP contribution in [0.15, 0.2) is 66.3 Å². The summed E-state index contributed by atoms with van der Waals surface area (Å²) >= 11 is 0. The highest BCUT2D eigenvalue weighted by Gasteiger charge is 2.14. The Balaban J connectivity index is 2.64. The first-order valence-corrected chi connectivity index (χ1v) is 8.53. The van der Waals surface area contributed by atoms with Gasteiger partial charge in [-0.05, 0) is 59.4 Å². The molecule has 4 heteroatoms. The van der Waals surface area contributed by atoms with E-state index in [0.717, 1.165) is 22.3 Å². The van der Waals surface area contributed by atoms with Crippen LogP contribution in [-0.4, -0.2) is 12.6 Å². The smallest absolute Gasteiger partial charge is 0.330 e. The van der Waals surface area contributed by atoms with Gasteiger partial charge in [-0.15, -0.1) is 0 Å². The van der Waals surface area contributed by atoms with Gasteiger partial charge >= 0.3 is 5.97 Å². The maximum absolute atomic E-state index is 13.4. The number of rotatable bonds is 6. The van der Waals surface area contributed by atoms with Gasteiger partial charge in [0.25, 0.3) is 0 Å². The third kappa shape index (κ3) is 5.12. The van der Waals surface area contributed by atoms with Crippen LogP contribution in [0.4, 0.5) is 8.78 Å². The van der Waals surface area contributed by atoms with E-state index in [4.69, 9.17) is 4.74 Å². The Labute approximate surface area is 152 Å². The van der Waals surface area contributed by atoms with Crippen LogP contribution in [0, 0.1) is 17.6 Å². The second-order valence-corrected chi connectivity index (χ2v) is 6.08. The van der Waals surface area contributed by atoms with Gasteiger partial charge in [0.15, 0.2) is 0 Å². The minimum atomic E-state index is -0.428. The highest BCUT2D eigenvalue weighted by Crippen LogP contribution is 2.31. The minimum Gasteiger partial charge on any atom is -0.463 e. The predicted octanol–water partition coefficient (Wildman–Crippen LogP) is 5.54. The monoisotopic (exact) mass is 356 g/mol. The molecule has 0 saturated heterocycles. The van der Waals surface area contributed by atoms with Crippen molar-refractivity contribution in [3.05, 3.63) is 89.0 Å². The highest BCUT2D eigenvalue weighted by molar-refractivity contribution is 5.87. The lowest BCUT2D eigenvalue weighted by molar-refractivity contribution is -0.137. The summed E-state index contributed by atoms with van der Waals surface area (Å²) in [6.07, 6.45) is 3.09. The lowest BCUT2D eigenvalue weighted by Crippen LogP contribution is -2.03. The second kappa shape index (κ2) is 9.09. The third-order valence-electron chi connectivity index (χ3n) is 3.86. The van der Waals surface area contributed by atoms with E-state index in [1.54, 1.807) is 37.3 Å². The topological polar surface area (TPSA) is 26.3 Å². The van der Waals surface area contributed by atoms with Crippen molar-refractivity contribution < 1.29 is 18.3 Å². The number of hydrogen-bond acceptors (Lipinski definition) is 2. The summed E-state index contributed by atoms with van der Waals surface area (Å²) in [5.74, 6) is -1.02. The second-order valence-electron chi connectivity index (χ2n) is 6.08. The van der Waals surface area contributed by atoms with Crippen molar-refractivity contribution in [3.63, 3.8) is 0 Å². The Morgan fingerprint density at radius 3 is 1.77 bits per heavy atom. The third-order valence-corrected chi connectivity index (χ3v) is 3.86. The zero-order valence-corrected chi connectivity index (χ0v) is 15.1. The van der Waals surface area contributed by atoms with Crippen LogP contribution in [0.1, 0.15) is 31.9 Å². The van der Waals surface area contributed by atoms with Gasteiger partial charge in [-0.3, -0.25) is 0 Å². The standard InChI is InChI=1S/C22H22F2O2/c1-4-26-21(25)14-13-20(15(2)3)22(16-5-9-18(23)10-6-16)17-7-11-19(24)12-8-17/h5-15H,4H2,1-3H3/b14-13+. The number of allylic oxidation sites excluding steroid dienone is 2. The Morgan fingerprint density at radius 2 is 1.38 bits per heavy atom. The molecular formula is C22H22F2O2. The number of hydrogen-bond donors (Lipinski definition) is 0. The molecule has 0 aliphatic carbocycles. The first kappa shape index (κ1) is 19.6. The van der Waals surface area contributed by atoms with Crippen molar-refractivity contribution in [1.82, 2.24) is 0 Å². The van der Waals surface area contributed by atoms with Gasteiger partial charge in [0.05, 0.1) is 6.61 Å². The van der Waals surface area contributed by atoms with E-state index in [9.17, 15) is 13.6 Å². The molecule has 2 aromatic carbocycles. The lowest BCUT2D eigenvalue weighted by Gasteiger charge is -2.17. The average Bonchev–Trinajstić information content (AvgIpc) is 2.61. The van der Waals surface area contributed by atoms with Crippen LogP contribution in [0.25, 0.3) is 5.57 Å². The fourth-order valence-electron chi connectivity index (χ4n) is 2.65. The van der Waals surface area contributed by atoms with Crippen molar-refractivity contribution in [3.8, 4) is 0 Å². The van der Waals surface area contributed by atoms with E-state index >= 15 is 0 Å². The number of halogens is 2. The molecule has 0 saturated carbocycles. The summed E-state index contributed by atoms with van der Waals surface area (Å²) in [6, 6.07) is 12.2. The maximum atomic E-state index is 13.4. The van der Waals surface area contributed by atoms with Gasteiger partial charge in [-0.25, -0.2) is 13.6 Å². The first-order valence-electron chi connectivity index (χ1n) is 8.53. The Morgan fingerprint density at radius 1 is 0.923 bits per heavy atom. The molecule has 0 aliphatic heterocycles. The average molecular weight is 356 g/mol. The van der Waals surface area contributed by atoms with Gasteiger partial charge in [-0.1, -0.05) is 44.2 Å². The summed E-state index contributed by atoms with van der Waals surface area (Å²) in [6.45, 7) is 6.04. The van der Waals surface area contributed by atoms with Crippen molar-refractivity contribution >= 4 is 11.5 Å². The first-order chi connectivity index (χ1) is 12.4. The zero-order valence-electron chi connectivity index (χ0n) is 15.1. The molecule has 0 heterocycles. The van der Waals surface area contributed by atoms with Gasteiger partial charge in [0.2, 0.25) is 0 Å². The summed E-state index contributed by atoms with van der Waals surface area (Å²) in [7, 11) is 0. The Kier molecular flexibility index (Phi) is 6.84. The quantitative estimate of drug-likeness (QED) is 0.386. The fourth-order valence-corrected chi connectivity index (χ4v) is 2.65. The van der Waals surface area contributed by atoms with E-state index in [2.05, 4.69) is 0 Å². The minimum absolute atomic E-state index is 0.0748. The SMILES string of the molecule is CCOC(=O)/C=C/C(=C(c1ccc(F)cc1)c1ccc(F)cc1)C(C)C. The van der Waals surface area contributed by atoms with Crippen LogP contribution in [-0.2, 0) is 9.53 Å². The fraction of sp³-hybridized carbons (Fsp3) is 0.227. The largest absolute Gasteiger partial charge is 0.463 e. The zero-order chi connectivity index (χ0) is 19.1. The number of benzene rings is 2. The number of esters is 1. The Hall–Kier alpha value is -2.75. The maximum Gasteiger partial charge on any atom is 0.330 e. The summed E-state index contributed by atoms with van der Waals surface area (Å²) in [4.78, 5) is 11.7. The van der Waals surface area contributed by atoms with Crippen molar-refractivity contribution in [2.75, 3.05) is 6.61 Å². The lowest BCUT2D eigenvalue weighted by atomic mass is 9.87. The van der Waals surface area contributed by atoms with Crippen molar-refractivity contribution in [2.45, 2.75) is 20.8 Å². The van der Waals surface area contributed by atoms with Gasteiger partial charge in [-0.2, -0.15) is 0 Å². The molecule has 0 radical (unpaired) electrons. The van der Waals surface area contributed by atoms with Crippen molar-refractivity contribution in [2.24, 2.45) is 5.92 Å². The normalized spacial score (nSPS) is 11.0. The van der Waals surface area contributed by atoms with Gasteiger partial charge in [0, 0.05) is 6.08 Å². The van der Waals surface area contributed by atoms with E-state index < -0.39 is 5.97 Å². The van der Waals surface area contributed by atoms with Crippen LogP contribution < -0.4 is 0 Å². The molecule has 136 valence electrons.